The smallest absolute Gasteiger partial charge is 0.251 e. The molecule has 1 aliphatic heterocycles. The van der Waals surface area contributed by atoms with E-state index in [4.69, 9.17) is 0 Å². The second kappa shape index (κ2) is 9.72. The standard InChI is InChI=1S/C18H27N3O2.2ClH/c1-11-7-15(8-12(2)20-11)18(23)21-17(14-9-16(22)10-14)13-3-5-19-6-4-13;;/h7-8,13-14,16-17,19,22H,3-6,9-10H2,1-2H3,(H,21,23);2*1H. The van der Waals surface area contributed by atoms with Gasteiger partial charge in [-0.2, -0.15) is 0 Å². The quantitative estimate of drug-likeness (QED) is 0.738. The molecule has 0 bridgehead atoms. The number of aryl methyl sites for hydroxylation is 2. The van der Waals surface area contributed by atoms with E-state index in [1.807, 2.05) is 26.0 Å². The molecule has 0 aromatic carbocycles. The number of halogens is 2. The van der Waals surface area contributed by atoms with Crippen molar-refractivity contribution < 1.29 is 9.90 Å². The molecule has 3 N–H and O–H groups in total. The third-order valence-electron chi connectivity index (χ3n) is 5.19. The molecule has 2 heterocycles. The molecule has 1 saturated heterocycles. The fourth-order valence-corrected chi connectivity index (χ4v) is 3.95. The summed E-state index contributed by atoms with van der Waals surface area (Å²) in [7, 11) is 0. The minimum absolute atomic E-state index is 0. The van der Waals surface area contributed by atoms with Gasteiger partial charge in [-0.15, -0.1) is 24.8 Å². The predicted octanol–water partition coefficient (Wildman–Crippen LogP) is 2.41. The Bertz CT molecular complexity index is 553. The van der Waals surface area contributed by atoms with Crippen molar-refractivity contribution in [1.82, 2.24) is 15.6 Å². The van der Waals surface area contributed by atoms with Crippen LogP contribution in [0, 0.1) is 25.7 Å². The normalized spacial score (nSPS) is 24.3. The van der Waals surface area contributed by atoms with Crippen molar-refractivity contribution in [3.8, 4) is 0 Å². The summed E-state index contributed by atoms with van der Waals surface area (Å²) in [4.78, 5) is 17.0. The lowest BCUT2D eigenvalue weighted by Gasteiger charge is -2.43. The molecule has 0 spiro atoms. The van der Waals surface area contributed by atoms with Crippen LogP contribution in [-0.4, -0.2) is 41.2 Å². The van der Waals surface area contributed by atoms with Gasteiger partial charge in [-0.3, -0.25) is 9.78 Å². The number of nitrogens with zero attached hydrogens (tertiary/aromatic N) is 1. The maximum absolute atomic E-state index is 12.7. The fraction of sp³-hybridized carbons (Fsp3) is 0.667. The number of rotatable bonds is 4. The van der Waals surface area contributed by atoms with Crippen molar-refractivity contribution in [3.05, 3.63) is 29.1 Å². The molecule has 5 nitrogen and oxygen atoms in total. The summed E-state index contributed by atoms with van der Waals surface area (Å²) < 4.78 is 0. The zero-order chi connectivity index (χ0) is 16.4. The third-order valence-corrected chi connectivity index (χ3v) is 5.19. The highest BCUT2D eigenvalue weighted by molar-refractivity contribution is 5.94. The highest BCUT2D eigenvalue weighted by Gasteiger charge is 2.39. The minimum Gasteiger partial charge on any atom is -0.393 e. The number of amides is 1. The van der Waals surface area contributed by atoms with Crippen LogP contribution in [0.1, 0.15) is 47.4 Å². The molecule has 3 rings (SSSR count). The second-order valence-corrected chi connectivity index (χ2v) is 7.11. The van der Waals surface area contributed by atoms with Crippen LogP contribution in [0.25, 0.3) is 0 Å². The van der Waals surface area contributed by atoms with E-state index in [1.54, 1.807) is 0 Å². The van der Waals surface area contributed by atoms with Crippen LogP contribution in [-0.2, 0) is 0 Å². The molecule has 1 aliphatic carbocycles. The SMILES string of the molecule is Cc1cc(C(=O)NC(C2CCNCC2)C2CC(O)C2)cc(C)n1.Cl.Cl. The maximum atomic E-state index is 12.7. The van der Waals surface area contributed by atoms with Crippen LogP contribution in [0.15, 0.2) is 12.1 Å². The topological polar surface area (TPSA) is 74.2 Å². The zero-order valence-corrected chi connectivity index (χ0v) is 16.5. The molecule has 1 amide bonds. The Balaban J connectivity index is 0.00000156. The van der Waals surface area contributed by atoms with Crippen molar-refractivity contribution in [1.29, 1.82) is 0 Å². The van der Waals surface area contributed by atoms with Crippen LogP contribution in [0.4, 0.5) is 0 Å². The Morgan fingerprint density at radius 3 is 2.24 bits per heavy atom. The second-order valence-electron chi connectivity index (χ2n) is 7.11. The summed E-state index contributed by atoms with van der Waals surface area (Å²) in [5.74, 6) is 0.895. The van der Waals surface area contributed by atoms with E-state index in [-0.39, 0.29) is 42.9 Å². The summed E-state index contributed by atoms with van der Waals surface area (Å²) in [5.41, 5.74) is 2.43. The summed E-state index contributed by atoms with van der Waals surface area (Å²) >= 11 is 0. The number of piperidine rings is 1. The number of aliphatic hydroxyl groups excluding tert-OH is 1. The molecule has 0 radical (unpaired) electrons. The molecule has 25 heavy (non-hydrogen) atoms. The average molecular weight is 390 g/mol. The lowest BCUT2D eigenvalue weighted by molar-refractivity contribution is 0.00919. The highest BCUT2D eigenvalue weighted by Crippen LogP contribution is 2.35. The number of hydrogen-bond donors (Lipinski definition) is 3. The molecule has 2 aliphatic rings. The van der Waals surface area contributed by atoms with E-state index in [0.717, 1.165) is 50.2 Å². The Kier molecular flexibility index (Phi) is 8.61. The van der Waals surface area contributed by atoms with E-state index < -0.39 is 0 Å². The Morgan fingerprint density at radius 2 is 1.72 bits per heavy atom. The van der Waals surface area contributed by atoms with Gasteiger partial charge in [-0.1, -0.05) is 0 Å². The molecule has 1 unspecified atom stereocenters. The first-order valence-electron chi connectivity index (χ1n) is 8.68. The van der Waals surface area contributed by atoms with Crippen molar-refractivity contribution in [2.45, 2.75) is 51.7 Å². The number of aromatic nitrogens is 1. The predicted molar refractivity (Wildman–Crippen MR) is 104 cm³/mol. The first kappa shape index (κ1) is 22.2. The monoisotopic (exact) mass is 389 g/mol. The van der Waals surface area contributed by atoms with Gasteiger partial charge in [0.15, 0.2) is 0 Å². The summed E-state index contributed by atoms with van der Waals surface area (Å²) in [5, 5.41) is 16.3. The number of aliphatic hydroxyl groups is 1. The summed E-state index contributed by atoms with van der Waals surface area (Å²) in [6.07, 6.45) is 3.61. The zero-order valence-electron chi connectivity index (χ0n) is 14.8. The number of pyridine rings is 1. The van der Waals surface area contributed by atoms with Gasteiger partial charge in [-0.05, 0) is 76.6 Å². The average Bonchev–Trinajstić information content (AvgIpc) is 2.49. The fourth-order valence-electron chi connectivity index (χ4n) is 3.95. The molecule has 1 saturated carbocycles. The molecule has 1 aromatic rings. The van der Waals surface area contributed by atoms with E-state index in [0.29, 0.717) is 17.4 Å². The molecule has 7 heteroatoms. The van der Waals surface area contributed by atoms with Gasteiger partial charge >= 0.3 is 0 Å². The van der Waals surface area contributed by atoms with Crippen molar-refractivity contribution >= 4 is 30.7 Å². The molecular weight excluding hydrogens is 361 g/mol. The first-order chi connectivity index (χ1) is 11.0. The van der Waals surface area contributed by atoms with Crippen LogP contribution in [0.2, 0.25) is 0 Å². The van der Waals surface area contributed by atoms with Crippen LogP contribution in [0.5, 0.6) is 0 Å². The molecule has 1 aromatic heterocycles. The van der Waals surface area contributed by atoms with Crippen LogP contribution >= 0.6 is 24.8 Å². The maximum Gasteiger partial charge on any atom is 0.251 e. The van der Waals surface area contributed by atoms with Gasteiger partial charge in [0.05, 0.1) is 6.10 Å². The summed E-state index contributed by atoms with van der Waals surface area (Å²) in [6.45, 7) is 5.85. The third kappa shape index (κ3) is 5.55. The lowest BCUT2D eigenvalue weighted by Crippen LogP contribution is -2.52. The van der Waals surface area contributed by atoms with E-state index in [2.05, 4.69) is 15.6 Å². The van der Waals surface area contributed by atoms with E-state index in [1.165, 1.54) is 0 Å². The van der Waals surface area contributed by atoms with Gasteiger partial charge in [0.25, 0.3) is 5.91 Å². The largest absolute Gasteiger partial charge is 0.393 e. The van der Waals surface area contributed by atoms with Crippen LogP contribution in [0.3, 0.4) is 0 Å². The Labute approximate surface area is 162 Å². The molecule has 142 valence electrons. The van der Waals surface area contributed by atoms with Crippen molar-refractivity contribution in [3.63, 3.8) is 0 Å². The van der Waals surface area contributed by atoms with E-state index in [9.17, 15) is 9.90 Å². The van der Waals surface area contributed by atoms with Gasteiger partial charge in [-0.25, -0.2) is 0 Å². The van der Waals surface area contributed by atoms with Crippen molar-refractivity contribution in [2.75, 3.05) is 13.1 Å². The molecule has 1 atom stereocenters. The Hall–Kier alpha value is -0.880. The number of carbonyl (C=O) groups excluding carboxylic acids is 1. The van der Waals surface area contributed by atoms with E-state index >= 15 is 0 Å². The van der Waals surface area contributed by atoms with Gasteiger partial charge in [0.2, 0.25) is 0 Å². The number of carbonyl (C=O) groups is 1. The van der Waals surface area contributed by atoms with Gasteiger partial charge in [0.1, 0.15) is 0 Å². The summed E-state index contributed by atoms with van der Waals surface area (Å²) in [6, 6.07) is 3.86. The molecular formula is C18H29Cl2N3O2. The van der Waals surface area contributed by atoms with Crippen LogP contribution < -0.4 is 10.6 Å². The number of nitrogens with one attached hydrogen (secondary N) is 2. The lowest BCUT2D eigenvalue weighted by atomic mass is 9.71. The Morgan fingerprint density at radius 1 is 1.16 bits per heavy atom. The highest BCUT2D eigenvalue weighted by atomic mass is 35.5. The number of hydrogen-bond acceptors (Lipinski definition) is 4. The van der Waals surface area contributed by atoms with Gasteiger partial charge < -0.3 is 15.7 Å². The minimum atomic E-state index is -0.188. The first-order valence-corrected chi connectivity index (χ1v) is 8.68. The molecule has 2 fully saturated rings. The van der Waals surface area contributed by atoms with Crippen molar-refractivity contribution in [2.24, 2.45) is 11.8 Å². The van der Waals surface area contributed by atoms with Gasteiger partial charge in [0, 0.05) is 23.0 Å².